The summed E-state index contributed by atoms with van der Waals surface area (Å²) < 4.78 is 1.98. The molecule has 0 radical (unpaired) electrons. The zero-order valence-electron chi connectivity index (χ0n) is 16.6. The first kappa shape index (κ1) is 20.1. The second kappa shape index (κ2) is 9.55. The first-order chi connectivity index (χ1) is 13.6. The molecule has 146 valence electrons. The highest BCUT2D eigenvalue weighted by atomic mass is 32.2. The van der Waals surface area contributed by atoms with Crippen LogP contribution in [0, 0.1) is 13.8 Å². The summed E-state index contributed by atoms with van der Waals surface area (Å²) >= 11 is 1.41. The molecule has 1 amide bonds. The van der Waals surface area contributed by atoms with E-state index in [1.165, 1.54) is 22.9 Å². The van der Waals surface area contributed by atoms with Crippen molar-refractivity contribution >= 4 is 17.7 Å². The van der Waals surface area contributed by atoms with Gasteiger partial charge in [-0.1, -0.05) is 66.7 Å². The average molecular weight is 395 g/mol. The van der Waals surface area contributed by atoms with Gasteiger partial charge in [0.2, 0.25) is 5.91 Å². The topological polar surface area (TPSA) is 59.8 Å². The summed E-state index contributed by atoms with van der Waals surface area (Å²) in [4.78, 5) is 12.4. The minimum absolute atomic E-state index is 0.00971. The van der Waals surface area contributed by atoms with Gasteiger partial charge >= 0.3 is 0 Å². The highest BCUT2D eigenvalue weighted by molar-refractivity contribution is 7.99. The molecule has 0 saturated heterocycles. The molecule has 0 saturated carbocycles. The predicted octanol–water partition coefficient (Wildman–Crippen LogP) is 4.29. The molecule has 5 nitrogen and oxygen atoms in total. The van der Waals surface area contributed by atoms with E-state index in [1.54, 1.807) is 0 Å². The number of nitrogens with zero attached hydrogens (tertiary/aromatic N) is 3. The van der Waals surface area contributed by atoms with Gasteiger partial charge in [-0.3, -0.25) is 9.36 Å². The molecule has 6 heteroatoms. The van der Waals surface area contributed by atoms with Gasteiger partial charge in [0.05, 0.1) is 5.75 Å². The van der Waals surface area contributed by atoms with Crippen LogP contribution in [0.4, 0.5) is 0 Å². The Hall–Kier alpha value is -2.60. The number of carbonyl (C=O) groups excluding carboxylic acids is 1. The molecule has 2 aromatic carbocycles. The van der Waals surface area contributed by atoms with Crippen LogP contribution in [-0.4, -0.2) is 33.0 Å². The minimum Gasteiger partial charge on any atom is -0.355 e. The van der Waals surface area contributed by atoms with Crippen molar-refractivity contribution in [3.05, 3.63) is 71.5 Å². The third-order valence-electron chi connectivity index (χ3n) is 4.73. The van der Waals surface area contributed by atoms with Crippen molar-refractivity contribution < 1.29 is 4.79 Å². The van der Waals surface area contributed by atoms with Gasteiger partial charge in [-0.05, 0) is 38.0 Å². The number of thioether (sulfide) groups is 1. The third-order valence-corrected chi connectivity index (χ3v) is 5.66. The van der Waals surface area contributed by atoms with E-state index in [-0.39, 0.29) is 5.91 Å². The predicted molar refractivity (Wildman–Crippen MR) is 114 cm³/mol. The van der Waals surface area contributed by atoms with Crippen molar-refractivity contribution in [1.82, 2.24) is 20.1 Å². The smallest absolute Gasteiger partial charge is 0.230 e. The molecule has 28 heavy (non-hydrogen) atoms. The molecular weight excluding hydrogens is 368 g/mol. The highest BCUT2D eigenvalue weighted by Gasteiger charge is 2.15. The molecule has 1 N–H and O–H groups in total. The molecule has 0 aliphatic heterocycles. The first-order valence-electron chi connectivity index (χ1n) is 9.52. The fourth-order valence-electron chi connectivity index (χ4n) is 3.07. The summed E-state index contributed by atoms with van der Waals surface area (Å²) in [6.45, 7) is 6.76. The number of benzene rings is 2. The Morgan fingerprint density at radius 3 is 2.46 bits per heavy atom. The second-order valence-corrected chi connectivity index (χ2v) is 7.75. The van der Waals surface area contributed by atoms with Crippen molar-refractivity contribution in [2.45, 2.75) is 38.3 Å². The lowest BCUT2D eigenvalue weighted by Crippen LogP contribution is -2.29. The quantitative estimate of drug-likeness (QED) is 0.579. The Morgan fingerprint density at radius 1 is 1.07 bits per heavy atom. The van der Waals surface area contributed by atoms with Gasteiger partial charge in [0.25, 0.3) is 0 Å². The van der Waals surface area contributed by atoms with E-state index in [0.29, 0.717) is 18.2 Å². The third kappa shape index (κ3) is 5.01. The van der Waals surface area contributed by atoms with Crippen LogP contribution in [0.15, 0.2) is 59.8 Å². The maximum atomic E-state index is 12.4. The molecule has 1 atom stereocenters. The van der Waals surface area contributed by atoms with Gasteiger partial charge in [0.15, 0.2) is 5.16 Å². The molecule has 0 spiro atoms. The van der Waals surface area contributed by atoms with E-state index >= 15 is 0 Å². The molecule has 3 aromatic rings. The molecular formula is C22H26N4OS. The van der Waals surface area contributed by atoms with Gasteiger partial charge in [-0.15, -0.1) is 10.2 Å². The number of carbonyl (C=O) groups is 1. The fraction of sp³-hybridized carbons (Fsp3) is 0.318. The normalized spacial score (nSPS) is 12.0. The standard InChI is InChI=1S/C22H26N4OS/c1-4-18(19-8-6-5-7-9-19)14-23-21(27)15-28-22-25-24-17(3)26(22)20-12-10-16(2)11-13-20/h5-13,18H,4,14-15H2,1-3H3,(H,23,27). The lowest BCUT2D eigenvalue weighted by molar-refractivity contribution is -0.118. The molecule has 0 bridgehead atoms. The van der Waals surface area contributed by atoms with E-state index in [2.05, 4.69) is 53.6 Å². The molecule has 1 heterocycles. The lowest BCUT2D eigenvalue weighted by Gasteiger charge is -2.16. The molecule has 1 unspecified atom stereocenters. The van der Waals surface area contributed by atoms with Crippen LogP contribution in [0.5, 0.6) is 0 Å². The molecule has 3 rings (SSSR count). The Balaban J connectivity index is 1.59. The van der Waals surface area contributed by atoms with E-state index < -0.39 is 0 Å². The summed E-state index contributed by atoms with van der Waals surface area (Å²) in [6.07, 6.45) is 0.985. The Morgan fingerprint density at radius 2 is 1.79 bits per heavy atom. The van der Waals surface area contributed by atoms with Gasteiger partial charge < -0.3 is 5.32 Å². The zero-order valence-corrected chi connectivity index (χ0v) is 17.4. The van der Waals surface area contributed by atoms with Crippen molar-refractivity contribution in [3.63, 3.8) is 0 Å². The van der Waals surface area contributed by atoms with E-state index in [9.17, 15) is 4.79 Å². The zero-order chi connectivity index (χ0) is 19.9. The van der Waals surface area contributed by atoms with Gasteiger partial charge in [-0.25, -0.2) is 0 Å². The van der Waals surface area contributed by atoms with Gasteiger partial charge in [0, 0.05) is 18.2 Å². The molecule has 1 aromatic heterocycles. The SMILES string of the molecule is CCC(CNC(=O)CSc1nnc(C)n1-c1ccc(C)cc1)c1ccccc1. The number of aryl methyl sites for hydroxylation is 2. The van der Waals surface area contributed by atoms with Crippen LogP contribution in [0.2, 0.25) is 0 Å². The molecule has 0 fully saturated rings. The minimum atomic E-state index is 0.00971. The van der Waals surface area contributed by atoms with Crippen LogP contribution in [0.25, 0.3) is 5.69 Å². The summed E-state index contributed by atoms with van der Waals surface area (Å²) in [5, 5.41) is 12.2. The number of aromatic nitrogens is 3. The van der Waals surface area contributed by atoms with Crippen molar-refractivity contribution in [2.75, 3.05) is 12.3 Å². The Bertz CT molecular complexity index is 906. The van der Waals surface area contributed by atoms with E-state index in [0.717, 1.165) is 23.1 Å². The van der Waals surface area contributed by atoms with Gasteiger partial charge in [-0.2, -0.15) is 0 Å². The number of hydrogen-bond acceptors (Lipinski definition) is 4. The second-order valence-electron chi connectivity index (χ2n) is 6.81. The highest BCUT2D eigenvalue weighted by Crippen LogP contribution is 2.22. The van der Waals surface area contributed by atoms with E-state index in [1.807, 2.05) is 41.8 Å². The van der Waals surface area contributed by atoms with Crippen LogP contribution < -0.4 is 5.32 Å². The fourth-order valence-corrected chi connectivity index (χ4v) is 3.90. The van der Waals surface area contributed by atoms with Gasteiger partial charge in [0.1, 0.15) is 5.82 Å². The van der Waals surface area contributed by atoms with E-state index in [4.69, 9.17) is 0 Å². The van der Waals surface area contributed by atoms with Crippen LogP contribution >= 0.6 is 11.8 Å². The number of rotatable bonds is 8. The monoisotopic (exact) mass is 394 g/mol. The number of hydrogen-bond donors (Lipinski definition) is 1. The number of amides is 1. The molecule has 0 aliphatic carbocycles. The summed E-state index contributed by atoms with van der Waals surface area (Å²) in [5.74, 6) is 1.46. The largest absolute Gasteiger partial charge is 0.355 e. The van der Waals surface area contributed by atoms with Crippen molar-refractivity contribution in [2.24, 2.45) is 0 Å². The van der Waals surface area contributed by atoms with Crippen LogP contribution in [0.3, 0.4) is 0 Å². The maximum Gasteiger partial charge on any atom is 0.230 e. The Labute approximate surface area is 170 Å². The Kier molecular flexibility index (Phi) is 6.87. The molecule has 0 aliphatic rings. The summed E-state index contributed by atoms with van der Waals surface area (Å²) in [6, 6.07) is 18.5. The number of nitrogens with one attached hydrogen (secondary N) is 1. The average Bonchev–Trinajstić information content (AvgIpc) is 3.09. The van der Waals surface area contributed by atoms with Crippen LogP contribution in [-0.2, 0) is 4.79 Å². The summed E-state index contributed by atoms with van der Waals surface area (Å²) in [7, 11) is 0. The maximum absolute atomic E-state index is 12.4. The first-order valence-corrected chi connectivity index (χ1v) is 10.5. The lowest BCUT2D eigenvalue weighted by atomic mass is 9.96. The van der Waals surface area contributed by atoms with Crippen LogP contribution in [0.1, 0.15) is 36.2 Å². The summed E-state index contributed by atoms with van der Waals surface area (Å²) in [5.41, 5.74) is 3.46. The van der Waals surface area contributed by atoms with Crippen molar-refractivity contribution in [1.29, 1.82) is 0 Å². The van der Waals surface area contributed by atoms with Crippen molar-refractivity contribution in [3.8, 4) is 5.69 Å².